The lowest BCUT2D eigenvalue weighted by Crippen LogP contribution is -2.45. The van der Waals surface area contributed by atoms with Gasteiger partial charge in [0.25, 0.3) is 7.82 Å². The molecule has 9 heteroatoms. The lowest BCUT2D eigenvalue weighted by atomic mass is 10.0. The summed E-state index contributed by atoms with van der Waals surface area (Å²) in [5.41, 5.74) is 0. The van der Waals surface area contributed by atoms with E-state index in [0.717, 1.165) is 122 Å². The Morgan fingerprint density at radius 1 is 0.424 bits per heavy atom. The number of carbonyl (C=O) groups is 1. The van der Waals surface area contributed by atoms with Crippen molar-refractivity contribution in [2.24, 2.45) is 0 Å². The number of hydrogen-bond acceptors (Lipinski definition) is 6. The summed E-state index contributed by atoms with van der Waals surface area (Å²) in [7, 11) is 1.20. The van der Waals surface area contributed by atoms with E-state index < -0.39 is 26.6 Å². The van der Waals surface area contributed by atoms with E-state index in [4.69, 9.17) is 9.05 Å². The van der Waals surface area contributed by atoms with Crippen molar-refractivity contribution < 1.29 is 32.9 Å². The molecule has 0 aliphatic carbocycles. The number of nitrogens with zero attached hydrogens (tertiary/aromatic N) is 1. The van der Waals surface area contributed by atoms with Gasteiger partial charge < -0.3 is 28.8 Å². The molecule has 0 aliphatic heterocycles. The number of carbonyl (C=O) groups excluding carboxylic acids is 1. The van der Waals surface area contributed by atoms with Crippen LogP contribution in [0, 0.1) is 0 Å². The fourth-order valence-corrected chi connectivity index (χ4v) is 9.64. The van der Waals surface area contributed by atoms with E-state index in [-0.39, 0.29) is 12.5 Å². The molecule has 0 spiro atoms. The quantitative estimate of drug-likeness (QED) is 0.0272. The topological polar surface area (TPSA) is 108 Å². The SMILES string of the molecule is CC/C=C\C/C=C\C/C=C\C/C=C\C/C=C\C/C=C\C/C=C\C/C=C\C/C=C\C/C=C\C/C=C\C/C=C\CCCCCCC(=O)NC(COP(=O)([O-])OCC[N+](C)(C)C)C(O)/C=C/CC/C=C/CCCCCCCCCCCCCCCCCC. The van der Waals surface area contributed by atoms with Gasteiger partial charge in [-0.3, -0.25) is 9.36 Å². The average molecular weight is 1200 g/mol. The van der Waals surface area contributed by atoms with Crippen molar-refractivity contribution in [2.75, 3.05) is 40.9 Å². The minimum Gasteiger partial charge on any atom is -0.756 e. The van der Waals surface area contributed by atoms with Crippen molar-refractivity contribution in [1.82, 2.24) is 5.32 Å². The van der Waals surface area contributed by atoms with E-state index >= 15 is 0 Å². The van der Waals surface area contributed by atoms with E-state index in [1.807, 2.05) is 27.2 Å². The maximum absolute atomic E-state index is 13.0. The zero-order valence-corrected chi connectivity index (χ0v) is 55.9. The van der Waals surface area contributed by atoms with Crippen molar-refractivity contribution in [1.29, 1.82) is 0 Å². The molecule has 85 heavy (non-hydrogen) atoms. The summed E-state index contributed by atoms with van der Waals surface area (Å²) < 4.78 is 23.4. The number of amides is 1. The summed E-state index contributed by atoms with van der Waals surface area (Å²) >= 11 is 0. The molecule has 3 atom stereocenters. The zero-order chi connectivity index (χ0) is 61.9. The van der Waals surface area contributed by atoms with Gasteiger partial charge in [-0.2, -0.15) is 0 Å². The van der Waals surface area contributed by atoms with Crippen LogP contribution in [-0.4, -0.2) is 68.5 Å². The minimum atomic E-state index is -4.63. The molecule has 0 saturated carbocycles. The number of aliphatic hydroxyl groups is 1. The predicted molar refractivity (Wildman–Crippen MR) is 370 cm³/mol. The molecule has 482 valence electrons. The van der Waals surface area contributed by atoms with Gasteiger partial charge in [-0.1, -0.05) is 293 Å². The van der Waals surface area contributed by atoms with E-state index in [1.165, 1.54) is 103 Å². The fourth-order valence-electron chi connectivity index (χ4n) is 8.92. The number of allylic oxidation sites excluding steroid dienone is 27. The van der Waals surface area contributed by atoms with Gasteiger partial charge in [0, 0.05) is 6.42 Å². The van der Waals surface area contributed by atoms with Crippen LogP contribution >= 0.6 is 7.82 Å². The Bertz CT molecular complexity index is 1990. The highest BCUT2D eigenvalue weighted by Crippen LogP contribution is 2.38. The van der Waals surface area contributed by atoms with Crippen LogP contribution in [0.25, 0.3) is 0 Å². The number of hydrogen-bond donors (Lipinski definition) is 2. The van der Waals surface area contributed by atoms with Gasteiger partial charge in [0.05, 0.1) is 39.9 Å². The predicted octanol–water partition coefficient (Wildman–Crippen LogP) is 21.3. The Balaban J connectivity index is 4.25. The highest BCUT2D eigenvalue weighted by Gasteiger charge is 2.23. The number of rotatable bonds is 60. The van der Waals surface area contributed by atoms with Crippen molar-refractivity contribution in [3.63, 3.8) is 0 Å². The Kier molecular flexibility index (Phi) is 61.2. The Morgan fingerprint density at radius 3 is 1.09 bits per heavy atom. The molecular formula is C76H127N2O6P. The van der Waals surface area contributed by atoms with Crippen LogP contribution in [0.1, 0.15) is 251 Å². The number of aliphatic hydroxyl groups excluding tert-OH is 1. The van der Waals surface area contributed by atoms with E-state index in [2.05, 4.69) is 177 Å². The normalized spacial score (nSPS) is 14.8. The average Bonchev–Trinajstić information content (AvgIpc) is 3.48. The van der Waals surface area contributed by atoms with Crippen molar-refractivity contribution >= 4 is 13.7 Å². The minimum absolute atomic E-state index is 0.0205. The standard InChI is InChI=1S/C76H127N2O6P/c1-6-8-10-12-14-16-18-20-22-24-26-28-30-31-32-33-34-35-36-37-38-39-40-41-42-43-44-45-46-47-48-50-52-54-56-58-60-62-64-66-68-70-76(80)77-74(73-84-85(81,82)83-72-71-78(3,4)5)75(79)69-67-65-63-61-59-57-55-53-51-49-29-27-25-23-21-19-17-15-13-11-9-7-2/h8,10,14,16,20,22,26,28,31-32,34-35,37-38,40-41,43-44,46-47,50,52,56,58-59,61,67,69,74-75,79H,6-7,9,11-13,15,17-19,21,23-25,27,29-30,33,36,39,42,45,48-49,51,53-55,57,60,62-66,68,70-73H2,1-5H3,(H-,77,80,81,82)/b10-8-,16-14-,22-20-,28-26-,32-31-,35-34-,38-37-,41-40-,44-43-,47-46-,52-50-,58-56-,61-59+,69-67+. The van der Waals surface area contributed by atoms with Crippen LogP contribution in [0.2, 0.25) is 0 Å². The van der Waals surface area contributed by atoms with Gasteiger partial charge >= 0.3 is 0 Å². The second-order valence-electron chi connectivity index (χ2n) is 23.4. The van der Waals surface area contributed by atoms with E-state index in [0.29, 0.717) is 23.9 Å². The van der Waals surface area contributed by atoms with Crippen molar-refractivity contribution in [2.45, 2.75) is 264 Å². The molecule has 8 nitrogen and oxygen atoms in total. The molecule has 0 saturated heterocycles. The van der Waals surface area contributed by atoms with E-state index in [1.54, 1.807) is 6.08 Å². The first-order chi connectivity index (χ1) is 41.5. The molecule has 0 heterocycles. The number of unbranched alkanes of at least 4 members (excludes halogenated alkanes) is 21. The molecule has 0 bridgehead atoms. The van der Waals surface area contributed by atoms with Gasteiger partial charge in [0.2, 0.25) is 5.91 Å². The highest BCUT2D eigenvalue weighted by molar-refractivity contribution is 7.45. The van der Waals surface area contributed by atoms with Gasteiger partial charge in [-0.05, 0) is 122 Å². The first-order valence-corrected chi connectivity index (χ1v) is 35.5. The second-order valence-corrected chi connectivity index (χ2v) is 24.8. The molecule has 0 aliphatic rings. The molecular weight excluding hydrogens is 1070 g/mol. The Morgan fingerprint density at radius 2 is 0.729 bits per heavy atom. The molecule has 1 amide bonds. The van der Waals surface area contributed by atoms with Gasteiger partial charge in [-0.25, -0.2) is 0 Å². The summed E-state index contributed by atoms with van der Waals surface area (Å²) in [4.78, 5) is 25.6. The fraction of sp³-hybridized carbons (Fsp3) is 0.618. The Labute approximate surface area is 524 Å². The summed E-state index contributed by atoms with van der Waals surface area (Å²) in [6, 6.07) is -0.931. The third-order valence-electron chi connectivity index (χ3n) is 14.2. The number of phosphoric ester groups is 1. The molecule has 0 aromatic carbocycles. The van der Waals surface area contributed by atoms with Crippen LogP contribution in [0.5, 0.6) is 0 Å². The van der Waals surface area contributed by atoms with E-state index in [9.17, 15) is 19.4 Å². The molecule has 0 radical (unpaired) electrons. The first-order valence-electron chi connectivity index (χ1n) is 34.0. The van der Waals surface area contributed by atoms with Gasteiger partial charge in [0.1, 0.15) is 13.2 Å². The van der Waals surface area contributed by atoms with Gasteiger partial charge in [0.15, 0.2) is 0 Å². The summed E-state index contributed by atoms with van der Waals surface area (Å²) in [5, 5.41) is 13.9. The summed E-state index contributed by atoms with van der Waals surface area (Å²) in [6.45, 7) is 4.49. The molecule has 0 rings (SSSR count). The number of quaternary nitrogens is 1. The second kappa shape index (κ2) is 64.3. The molecule has 0 aromatic rings. The van der Waals surface area contributed by atoms with Crippen LogP contribution < -0.4 is 10.2 Å². The lowest BCUT2D eigenvalue weighted by molar-refractivity contribution is -0.870. The van der Waals surface area contributed by atoms with Gasteiger partial charge in [-0.15, -0.1) is 0 Å². The number of nitrogens with one attached hydrogen (secondary N) is 1. The van der Waals surface area contributed by atoms with Crippen molar-refractivity contribution in [3.05, 3.63) is 170 Å². The third-order valence-corrected chi connectivity index (χ3v) is 15.1. The molecule has 0 fully saturated rings. The highest BCUT2D eigenvalue weighted by atomic mass is 31.2. The Hall–Kier alpha value is -4.14. The molecule has 2 N–H and O–H groups in total. The smallest absolute Gasteiger partial charge is 0.268 e. The molecule has 3 unspecified atom stereocenters. The van der Waals surface area contributed by atoms with Crippen molar-refractivity contribution in [3.8, 4) is 0 Å². The van der Waals surface area contributed by atoms with Crippen LogP contribution in [0.15, 0.2) is 170 Å². The zero-order valence-electron chi connectivity index (χ0n) is 55.0. The lowest BCUT2D eigenvalue weighted by Gasteiger charge is -2.29. The van der Waals surface area contributed by atoms with Crippen LogP contribution in [0.4, 0.5) is 0 Å². The molecule has 0 aromatic heterocycles. The first kappa shape index (κ1) is 80.9. The summed E-state index contributed by atoms with van der Waals surface area (Å²) in [5.74, 6) is -0.237. The third kappa shape index (κ3) is 67.2. The van der Waals surface area contributed by atoms with Crippen LogP contribution in [0.3, 0.4) is 0 Å². The maximum atomic E-state index is 13.0. The largest absolute Gasteiger partial charge is 0.756 e. The maximum Gasteiger partial charge on any atom is 0.268 e. The van der Waals surface area contributed by atoms with Crippen LogP contribution in [-0.2, 0) is 18.4 Å². The number of phosphoric acid groups is 1. The number of likely N-dealkylation sites (N-methyl/N-ethyl adjacent to an activating group) is 1. The monoisotopic (exact) mass is 1190 g/mol. The summed E-state index contributed by atoms with van der Waals surface area (Å²) in [6.07, 6.45) is 102.